The Morgan fingerprint density at radius 3 is 2.81 bits per heavy atom. The zero-order valence-electron chi connectivity index (χ0n) is 18.0. The fraction of sp³-hybridized carbons (Fsp3) is 0.304. The second-order valence-corrected chi connectivity index (χ2v) is 8.10. The predicted octanol–water partition coefficient (Wildman–Crippen LogP) is 3.17. The van der Waals surface area contributed by atoms with E-state index in [0.717, 1.165) is 31.6 Å². The van der Waals surface area contributed by atoms with Gasteiger partial charge < -0.3 is 19.9 Å². The maximum atomic E-state index is 14.4. The molecule has 1 unspecified atom stereocenters. The number of nitrogens with one attached hydrogen (secondary N) is 2. The van der Waals surface area contributed by atoms with Crippen molar-refractivity contribution in [3.05, 3.63) is 60.1 Å². The minimum absolute atomic E-state index is 0.225. The molecule has 4 heterocycles. The van der Waals surface area contributed by atoms with Crippen LogP contribution in [0.5, 0.6) is 0 Å². The van der Waals surface area contributed by atoms with E-state index in [1.54, 1.807) is 42.2 Å². The number of hydrogen-bond donors (Lipinski definition) is 2. The highest BCUT2D eigenvalue weighted by atomic mass is 19.1. The van der Waals surface area contributed by atoms with Gasteiger partial charge in [-0.1, -0.05) is 0 Å². The number of pyridine rings is 1. The van der Waals surface area contributed by atoms with Crippen molar-refractivity contribution >= 4 is 34.0 Å². The van der Waals surface area contributed by atoms with E-state index in [1.807, 2.05) is 13.1 Å². The molecular formula is C23H24FN7O. The summed E-state index contributed by atoms with van der Waals surface area (Å²) in [7, 11) is 1.98. The van der Waals surface area contributed by atoms with Crippen molar-refractivity contribution in [1.29, 1.82) is 0 Å². The van der Waals surface area contributed by atoms with E-state index in [2.05, 4.69) is 30.5 Å². The highest BCUT2D eigenvalue weighted by molar-refractivity contribution is 6.13. The number of imidazole rings is 1. The zero-order chi connectivity index (χ0) is 22.2. The highest BCUT2D eigenvalue weighted by Gasteiger charge is 2.23. The summed E-state index contributed by atoms with van der Waals surface area (Å²) in [6.07, 6.45) is 8.78. The number of fused-ring (bicyclic) bond motifs is 2. The van der Waals surface area contributed by atoms with E-state index < -0.39 is 5.82 Å². The van der Waals surface area contributed by atoms with Crippen LogP contribution in [-0.4, -0.2) is 51.4 Å². The summed E-state index contributed by atoms with van der Waals surface area (Å²) in [4.78, 5) is 28.5. The van der Waals surface area contributed by atoms with Crippen molar-refractivity contribution in [3.63, 3.8) is 0 Å². The van der Waals surface area contributed by atoms with Gasteiger partial charge in [0.2, 0.25) is 0 Å². The van der Waals surface area contributed by atoms with Gasteiger partial charge in [0.25, 0.3) is 5.91 Å². The van der Waals surface area contributed by atoms with E-state index in [-0.39, 0.29) is 11.6 Å². The number of rotatable bonds is 4. The summed E-state index contributed by atoms with van der Waals surface area (Å²) in [5.74, 6) is -0.871. The lowest BCUT2D eigenvalue weighted by atomic mass is 10.0. The average molecular weight is 433 g/mol. The SMILES string of the molecule is CNC1CCCN(c2ccc(C(=O)Nc3cc(F)c4nc(C)cn4c3)c3nccnc23)C1. The molecule has 1 saturated heterocycles. The summed E-state index contributed by atoms with van der Waals surface area (Å²) in [5, 5.41) is 6.14. The van der Waals surface area contributed by atoms with Crippen LogP contribution in [-0.2, 0) is 0 Å². The number of hydrogen-bond acceptors (Lipinski definition) is 6. The minimum Gasteiger partial charge on any atom is -0.368 e. The van der Waals surface area contributed by atoms with E-state index in [9.17, 15) is 9.18 Å². The van der Waals surface area contributed by atoms with Gasteiger partial charge in [-0.15, -0.1) is 0 Å². The van der Waals surface area contributed by atoms with Crippen LogP contribution in [0.15, 0.2) is 43.0 Å². The fourth-order valence-corrected chi connectivity index (χ4v) is 4.36. The molecule has 1 aromatic carbocycles. The van der Waals surface area contributed by atoms with Gasteiger partial charge in [-0.3, -0.25) is 14.8 Å². The van der Waals surface area contributed by atoms with Gasteiger partial charge in [0.15, 0.2) is 11.5 Å². The Morgan fingerprint density at radius 2 is 2.00 bits per heavy atom. The molecule has 1 fully saturated rings. The Kier molecular flexibility index (Phi) is 5.18. The molecule has 0 aliphatic carbocycles. The number of carbonyl (C=O) groups excluding carboxylic acids is 1. The van der Waals surface area contributed by atoms with E-state index in [1.165, 1.54) is 6.07 Å². The molecular weight excluding hydrogens is 409 g/mol. The van der Waals surface area contributed by atoms with Crippen molar-refractivity contribution in [3.8, 4) is 0 Å². The predicted molar refractivity (Wildman–Crippen MR) is 122 cm³/mol. The van der Waals surface area contributed by atoms with Gasteiger partial charge in [0, 0.05) is 50.0 Å². The van der Waals surface area contributed by atoms with Crippen molar-refractivity contribution in [2.24, 2.45) is 0 Å². The molecule has 164 valence electrons. The summed E-state index contributed by atoms with van der Waals surface area (Å²) in [5.41, 5.74) is 3.82. The number of aromatic nitrogens is 4. The lowest BCUT2D eigenvalue weighted by Gasteiger charge is -2.34. The molecule has 3 aromatic heterocycles. The molecule has 4 aromatic rings. The molecule has 1 aliphatic heterocycles. The maximum absolute atomic E-state index is 14.4. The fourth-order valence-electron chi connectivity index (χ4n) is 4.36. The number of anilines is 2. The third kappa shape index (κ3) is 3.64. The first-order valence-corrected chi connectivity index (χ1v) is 10.7. The topological polar surface area (TPSA) is 87.5 Å². The normalized spacial score (nSPS) is 16.6. The number of carbonyl (C=O) groups is 1. The number of aryl methyl sites for hydroxylation is 1. The Labute approximate surface area is 184 Å². The summed E-state index contributed by atoms with van der Waals surface area (Å²) in [6, 6.07) is 5.37. The first kappa shape index (κ1) is 20.3. The van der Waals surface area contributed by atoms with Crippen LogP contribution < -0.4 is 15.5 Å². The molecule has 32 heavy (non-hydrogen) atoms. The largest absolute Gasteiger partial charge is 0.368 e. The third-order valence-corrected chi connectivity index (χ3v) is 5.90. The van der Waals surface area contributed by atoms with Crippen LogP contribution in [0.4, 0.5) is 15.8 Å². The van der Waals surface area contributed by atoms with E-state index in [4.69, 9.17) is 0 Å². The molecule has 0 spiro atoms. The van der Waals surface area contributed by atoms with Crippen LogP contribution in [0.3, 0.4) is 0 Å². The summed E-state index contributed by atoms with van der Waals surface area (Å²) < 4.78 is 16.0. The molecule has 0 bridgehead atoms. The second kappa shape index (κ2) is 8.16. The van der Waals surface area contributed by atoms with Crippen LogP contribution in [0.1, 0.15) is 28.9 Å². The molecule has 1 aliphatic rings. The first-order valence-electron chi connectivity index (χ1n) is 10.7. The minimum atomic E-state index is -0.500. The van der Waals surface area contributed by atoms with Crippen molar-refractivity contribution in [2.45, 2.75) is 25.8 Å². The monoisotopic (exact) mass is 433 g/mol. The van der Waals surface area contributed by atoms with Crippen LogP contribution >= 0.6 is 0 Å². The zero-order valence-corrected chi connectivity index (χ0v) is 18.0. The molecule has 0 radical (unpaired) electrons. The number of halogens is 1. The number of likely N-dealkylation sites (N-methyl/N-ethyl adjacent to an activating group) is 1. The number of amides is 1. The van der Waals surface area contributed by atoms with Crippen molar-refractivity contribution < 1.29 is 9.18 Å². The molecule has 5 rings (SSSR count). The van der Waals surface area contributed by atoms with Gasteiger partial charge in [0.05, 0.1) is 22.6 Å². The van der Waals surface area contributed by atoms with Crippen LogP contribution in [0.25, 0.3) is 16.7 Å². The maximum Gasteiger partial charge on any atom is 0.257 e. The van der Waals surface area contributed by atoms with Crippen molar-refractivity contribution in [2.75, 3.05) is 30.4 Å². The average Bonchev–Trinajstić information content (AvgIpc) is 3.19. The molecule has 1 atom stereocenters. The van der Waals surface area contributed by atoms with Gasteiger partial charge in [-0.25, -0.2) is 9.37 Å². The number of piperidine rings is 1. The number of nitrogens with zero attached hydrogens (tertiary/aromatic N) is 5. The van der Waals surface area contributed by atoms with Gasteiger partial charge in [0.1, 0.15) is 11.0 Å². The van der Waals surface area contributed by atoms with Gasteiger partial charge in [-0.2, -0.15) is 0 Å². The van der Waals surface area contributed by atoms with E-state index in [0.29, 0.717) is 34.0 Å². The lowest BCUT2D eigenvalue weighted by molar-refractivity contribution is 0.102. The molecule has 1 amide bonds. The van der Waals surface area contributed by atoms with Gasteiger partial charge in [-0.05, 0) is 38.9 Å². The second-order valence-electron chi connectivity index (χ2n) is 8.10. The smallest absolute Gasteiger partial charge is 0.257 e. The van der Waals surface area contributed by atoms with Crippen LogP contribution in [0, 0.1) is 12.7 Å². The van der Waals surface area contributed by atoms with Crippen molar-refractivity contribution in [1.82, 2.24) is 24.7 Å². The quantitative estimate of drug-likeness (QED) is 0.514. The molecule has 2 N–H and O–H groups in total. The summed E-state index contributed by atoms with van der Waals surface area (Å²) >= 11 is 0. The van der Waals surface area contributed by atoms with E-state index >= 15 is 0 Å². The standard InChI is InChI=1S/C23H24FN7O/c1-14-11-31-13-16(10-18(24)22(31)28-14)29-23(32)17-5-6-19(21-20(17)26-7-8-27-21)30-9-3-4-15(12-30)25-2/h5-8,10-11,13,15,25H,3-4,9,12H2,1-2H3,(H,29,32). The Bertz CT molecular complexity index is 1320. The Hall–Kier alpha value is -3.59. The summed E-state index contributed by atoms with van der Waals surface area (Å²) in [6.45, 7) is 3.59. The highest BCUT2D eigenvalue weighted by Crippen LogP contribution is 2.29. The first-order chi connectivity index (χ1) is 15.5. The molecule has 0 saturated carbocycles. The molecule has 8 nitrogen and oxygen atoms in total. The van der Waals surface area contributed by atoms with Gasteiger partial charge >= 0.3 is 0 Å². The Balaban J connectivity index is 1.49. The Morgan fingerprint density at radius 1 is 1.19 bits per heavy atom. The number of benzene rings is 1. The lowest BCUT2D eigenvalue weighted by Crippen LogP contribution is -2.44. The third-order valence-electron chi connectivity index (χ3n) is 5.90. The van der Waals surface area contributed by atoms with Crippen LogP contribution in [0.2, 0.25) is 0 Å². The molecule has 9 heteroatoms.